The molecule has 3 N–H and O–H groups in total. The molecule has 0 saturated heterocycles. The van der Waals surface area contributed by atoms with Gasteiger partial charge in [-0.05, 0) is 54.7 Å². The third-order valence-electron chi connectivity index (χ3n) is 4.16. The van der Waals surface area contributed by atoms with Crippen LogP contribution in [0.5, 0.6) is 0 Å². The number of benzene rings is 1. The zero-order chi connectivity index (χ0) is 14.0. The zero-order valence-electron chi connectivity index (χ0n) is 11.5. The third kappa shape index (κ3) is 3.72. The van der Waals surface area contributed by atoms with Crippen molar-refractivity contribution in [2.75, 3.05) is 0 Å². The van der Waals surface area contributed by atoms with E-state index in [2.05, 4.69) is 41.3 Å². The van der Waals surface area contributed by atoms with Gasteiger partial charge in [-0.1, -0.05) is 47.4 Å². The Morgan fingerprint density at radius 2 is 1.89 bits per heavy atom. The van der Waals surface area contributed by atoms with Crippen LogP contribution in [0.1, 0.15) is 44.7 Å². The molecule has 3 atom stereocenters. The third-order valence-corrected chi connectivity index (χ3v) is 4.98. The molecular weight excluding hydrogens is 324 g/mol. The minimum absolute atomic E-state index is 0.144. The molecule has 0 spiro atoms. The highest BCUT2D eigenvalue weighted by molar-refractivity contribution is 9.10. The SMILES string of the molecule is CC1CC(C)CC(C(NN)c2ccc(Br)cc2Cl)C1. The Balaban J connectivity index is 2.23. The summed E-state index contributed by atoms with van der Waals surface area (Å²) < 4.78 is 1.00. The van der Waals surface area contributed by atoms with Crippen LogP contribution in [0.4, 0.5) is 0 Å². The van der Waals surface area contributed by atoms with Crippen molar-refractivity contribution in [3.63, 3.8) is 0 Å². The van der Waals surface area contributed by atoms with E-state index in [-0.39, 0.29) is 6.04 Å². The van der Waals surface area contributed by atoms with Crippen molar-refractivity contribution in [1.82, 2.24) is 5.43 Å². The second kappa shape index (κ2) is 6.57. The Bertz CT molecular complexity index is 428. The van der Waals surface area contributed by atoms with Crippen molar-refractivity contribution in [2.24, 2.45) is 23.6 Å². The number of hydrogen-bond acceptors (Lipinski definition) is 2. The van der Waals surface area contributed by atoms with Crippen molar-refractivity contribution >= 4 is 27.5 Å². The van der Waals surface area contributed by atoms with Gasteiger partial charge in [0.2, 0.25) is 0 Å². The maximum absolute atomic E-state index is 6.37. The molecule has 1 aromatic rings. The molecule has 19 heavy (non-hydrogen) atoms. The van der Waals surface area contributed by atoms with Crippen LogP contribution in [-0.2, 0) is 0 Å². The van der Waals surface area contributed by atoms with E-state index in [4.69, 9.17) is 17.4 Å². The minimum Gasteiger partial charge on any atom is -0.271 e. The van der Waals surface area contributed by atoms with E-state index in [0.717, 1.165) is 26.9 Å². The molecule has 106 valence electrons. The van der Waals surface area contributed by atoms with Gasteiger partial charge in [0.1, 0.15) is 0 Å². The Labute approximate surface area is 129 Å². The summed E-state index contributed by atoms with van der Waals surface area (Å²) in [7, 11) is 0. The number of hydrazine groups is 1. The minimum atomic E-state index is 0.144. The van der Waals surface area contributed by atoms with Gasteiger partial charge in [-0.25, -0.2) is 0 Å². The molecule has 1 saturated carbocycles. The molecule has 0 aliphatic heterocycles. The Hall–Kier alpha value is -0.0900. The molecule has 4 heteroatoms. The van der Waals surface area contributed by atoms with Crippen LogP contribution in [0.15, 0.2) is 22.7 Å². The van der Waals surface area contributed by atoms with Crippen LogP contribution in [-0.4, -0.2) is 0 Å². The summed E-state index contributed by atoms with van der Waals surface area (Å²) >= 11 is 9.82. The molecular formula is C15H22BrClN2. The Kier molecular flexibility index (Phi) is 5.29. The quantitative estimate of drug-likeness (QED) is 0.616. The van der Waals surface area contributed by atoms with Crippen LogP contribution in [0.2, 0.25) is 5.02 Å². The van der Waals surface area contributed by atoms with Crippen molar-refractivity contribution in [2.45, 2.75) is 39.2 Å². The average molecular weight is 346 g/mol. The van der Waals surface area contributed by atoms with E-state index in [1.54, 1.807) is 0 Å². The van der Waals surface area contributed by atoms with Gasteiger partial charge < -0.3 is 0 Å². The lowest BCUT2D eigenvalue weighted by Gasteiger charge is -2.36. The first-order chi connectivity index (χ1) is 9.01. The van der Waals surface area contributed by atoms with Crippen LogP contribution in [0.3, 0.4) is 0 Å². The molecule has 0 amide bonds. The zero-order valence-corrected chi connectivity index (χ0v) is 13.8. The highest BCUT2D eigenvalue weighted by Crippen LogP contribution is 2.41. The highest BCUT2D eigenvalue weighted by Gasteiger charge is 2.31. The summed E-state index contributed by atoms with van der Waals surface area (Å²) in [5.41, 5.74) is 4.10. The lowest BCUT2D eigenvalue weighted by molar-refractivity contribution is 0.177. The van der Waals surface area contributed by atoms with Crippen LogP contribution >= 0.6 is 27.5 Å². The second-order valence-electron chi connectivity index (χ2n) is 5.99. The topological polar surface area (TPSA) is 38.0 Å². The second-order valence-corrected chi connectivity index (χ2v) is 7.31. The van der Waals surface area contributed by atoms with E-state index >= 15 is 0 Å². The number of hydrogen-bond donors (Lipinski definition) is 2. The smallest absolute Gasteiger partial charge is 0.0503 e. The maximum atomic E-state index is 6.37. The Morgan fingerprint density at radius 1 is 1.26 bits per heavy atom. The fourth-order valence-electron chi connectivity index (χ4n) is 3.51. The molecule has 0 radical (unpaired) electrons. The summed E-state index contributed by atoms with van der Waals surface area (Å²) in [5.74, 6) is 7.90. The van der Waals surface area contributed by atoms with Gasteiger partial charge in [-0.15, -0.1) is 0 Å². The summed E-state index contributed by atoms with van der Waals surface area (Å²) in [6.07, 6.45) is 3.75. The van der Waals surface area contributed by atoms with Crippen molar-refractivity contribution in [1.29, 1.82) is 0 Å². The lowest BCUT2D eigenvalue weighted by atomic mass is 9.72. The summed E-state index contributed by atoms with van der Waals surface area (Å²) in [6.45, 7) is 4.67. The standard InChI is InChI=1S/C15H22BrClN2/c1-9-5-10(2)7-11(6-9)15(19-18)13-4-3-12(16)8-14(13)17/h3-4,8-11,15,19H,5-7,18H2,1-2H3. The molecule has 0 bridgehead atoms. The van der Waals surface area contributed by atoms with E-state index in [9.17, 15) is 0 Å². The van der Waals surface area contributed by atoms with Gasteiger partial charge in [0.15, 0.2) is 0 Å². The molecule has 1 aromatic carbocycles. The lowest BCUT2D eigenvalue weighted by Crippen LogP contribution is -2.37. The van der Waals surface area contributed by atoms with Gasteiger partial charge in [-0.2, -0.15) is 0 Å². The monoisotopic (exact) mass is 344 g/mol. The molecule has 0 aromatic heterocycles. The van der Waals surface area contributed by atoms with E-state index in [1.807, 2.05) is 12.1 Å². The molecule has 1 aliphatic carbocycles. The first kappa shape index (κ1) is 15.3. The number of nitrogens with two attached hydrogens (primary N) is 1. The van der Waals surface area contributed by atoms with Crippen molar-refractivity contribution in [3.05, 3.63) is 33.3 Å². The van der Waals surface area contributed by atoms with Gasteiger partial charge in [-0.3, -0.25) is 11.3 Å². The van der Waals surface area contributed by atoms with Crippen LogP contribution < -0.4 is 11.3 Å². The maximum Gasteiger partial charge on any atom is 0.0503 e. The molecule has 2 nitrogen and oxygen atoms in total. The van der Waals surface area contributed by atoms with Crippen molar-refractivity contribution < 1.29 is 0 Å². The number of rotatable bonds is 3. The van der Waals surface area contributed by atoms with Crippen LogP contribution in [0.25, 0.3) is 0 Å². The molecule has 2 rings (SSSR count). The van der Waals surface area contributed by atoms with Gasteiger partial charge >= 0.3 is 0 Å². The predicted molar refractivity (Wildman–Crippen MR) is 84.9 cm³/mol. The molecule has 1 aliphatic rings. The fraction of sp³-hybridized carbons (Fsp3) is 0.600. The first-order valence-electron chi connectivity index (χ1n) is 6.92. The number of nitrogens with one attached hydrogen (secondary N) is 1. The highest BCUT2D eigenvalue weighted by atomic mass is 79.9. The van der Waals surface area contributed by atoms with Crippen LogP contribution in [0, 0.1) is 17.8 Å². The normalized spacial score (nSPS) is 29.2. The molecule has 1 fully saturated rings. The predicted octanol–water partition coefficient (Wildman–Crippen LogP) is 4.68. The van der Waals surface area contributed by atoms with E-state index < -0.39 is 0 Å². The summed E-state index contributed by atoms with van der Waals surface area (Å²) in [4.78, 5) is 0. The van der Waals surface area contributed by atoms with E-state index in [0.29, 0.717) is 5.92 Å². The van der Waals surface area contributed by atoms with Crippen molar-refractivity contribution in [3.8, 4) is 0 Å². The first-order valence-corrected chi connectivity index (χ1v) is 8.09. The Morgan fingerprint density at radius 3 is 2.42 bits per heavy atom. The largest absolute Gasteiger partial charge is 0.271 e. The summed E-state index contributed by atoms with van der Waals surface area (Å²) in [6, 6.07) is 6.18. The fourth-order valence-corrected chi connectivity index (χ4v) is 4.31. The van der Waals surface area contributed by atoms with Gasteiger partial charge in [0.05, 0.1) is 6.04 Å². The number of halogens is 2. The van der Waals surface area contributed by atoms with Gasteiger partial charge in [0, 0.05) is 9.50 Å². The molecule has 0 heterocycles. The average Bonchev–Trinajstić information content (AvgIpc) is 2.31. The summed E-state index contributed by atoms with van der Waals surface area (Å²) in [5, 5.41) is 0.781. The van der Waals surface area contributed by atoms with Gasteiger partial charge in [0.25, 0.3) is 0 Å². The van der Waals surface area contributed by atoms with E-state index in [1.165, 1.54) is 19.3 Å². The molecule has 3 unspecified atom stereocenters.